The van der Waals surface area contributed by atoms with E-state index in [0.29, 0.717) is 0 Å². The number of halogens is 1. The second-order valence-corrected chi connectivity index (χ2v) is 7.06. The number of anilines is 1. The highest BCUT2D eigenvalue weighted by atomic mass is 79.9. The van der Waals surface area contributed by atoms with Crippen molar-refractivity contribution in [1.29, 1.82) is 0 Å². The molecule has 1 aromatic rings. The van der Waals surface area contributed by atoms with E-state index in [1.54, 1.807) is 6.92 Å². The molecule has 110 valence electrons. The fraction of sp³-hybridized carbons (Fsp3) is 0.588. The normalized spacial score (nSPS) is 20.1. The number of hydrogen-bond donors (Lipinski definition) is 0. The second-order valence-electron chi connectivity index (χ2n) is 6.14. The van der Waals surface area contributed by atoms with Gasteiger partial charge >= 0.3 is 0 Å². The number of rotatable bonds is 3. The molecule has 0 N–H and O–H groups in total. The summed E-state index contributed by atoms with van der Waals surface area (Å²) < 4.78 is 1.04. The third-order valence-electron chi connectivity index (χ3n) is 4.40. The van der Waals surface area contributed by atoms with Crippen molar-refractivity contribution in [3.63, 3.8) is 0 Å². The predicted molar refractivity (Wildman–Crippen MR) is 88.5 cm³/mol. The van der Waals surface area contributed by atoms with Gasteiger partial charge < -0.3 is 4.90 Å². The highest BCUT2D eigenvalue weighted by molar-refractivity contribution is 9.10. The van der Waals surface area contributed by atoms with Crippen LogP contribution in [0.25, 0.3) is 0 Å². The van der Waals surface area contributed by atoms with Crippen LogP contribution in [-0.4, -0.2) is 18.9 Å². The van der Waals surface area contributed by atoms with Crippen molar-refractivity contribution < 1.29 is 4.79 Å². The van der Waals surface area contributed by atoms with Gasteiger partial charge in [0.2, 0.25) is 0 Å². The molecule has 0 amide bonds. The van der Waals surface area contributed by atoms with Crippen molar-refractivity contribution in [3.05, 3.63) is 28.2 Å². The van der Waals surface area contributed by atoms with E-state index in [4.69, 9.17) is 0 Å². The molecule has 3 heteroatoms. The van der Waals surface area contributed by atoms with E-state index in [1.165, 1.54) is 19.3 Å². The van der Waals surface area contributed by atoms with E-state index in [0.717, 1.165) is 40.6 Å². The minimum absolute atomic E-state index is 0.150. The maximum atomic E-state index is 11.8. The predicted octanol–water partition coefficient (Wildman–Crippen LogP) is 4.91. The van der Waals surface area contributed by atoms with E-state index >= 15 is 0 Å². The van der Waals surface area contributed by atoms with E-state index in [9.17, 15) is 4.79 Å². The zero-order valence-electron chi connectivity index (χ0n) is 12.7. The summed E-state index contributed by atoms with van der Waals surface area (Å²) in [5, 5.41) is 0. The van der Waals surface area contributed by atoms with Gasteiger partial charge in [0.15, 0.2) is 5.78 Å². The summed E-state index contributed by atoms with van der Waals surface area (Å²) in [6.07, 6.45) is 3.74. The Bertz CT molecular complexity index is 484. The smallest absolute Gasteiger partial charge is 0.161 e. The molecule has 1 unspecified atom stereocenters. The lowest BCUT2D eigenvalue weighted by atomic mass is 9.89. The van der Waals surface area contributed by atoms with Crippen molar-refractivity contribution in [2.75, 3.05) is 18.0 Å². The molecule has 1 atom stereocenters. The Morgan fingerprint density at radius 1 is 1.30 bits per heavy atom. The molecule has 2 nitrogen and oxygen atoms in total. The third kappa shape index (κ3) is 3.63. The number of nitrogens with zero attached hydrogens (tertiary/aromatic N) is 1. The first kappa shape index (κ1) is 15.6. The summed E-state index contributed by atoms with van der Waals surface area (Å²) in [6, 6.07) is 5.98. The van der Waals surface area contributed by atoms with E-state index in [2.05, 4.69) is 40.7 Å². The third-order valence-corrected chi connectivity index (χ3v) is 4.89. The molecule has 0 aromatic heterocycles. The van der Waals surface area contributed by atoms with Crippen molar-refractivity contribution in [1.82, 2.24) is 0 Å². The van der Waals surface area contributed by atoms with Crippen LogP contribution in [0.4, 0.5) is 5.69 Å². The van der Waals surface area contributed by atoms with Crippen LogP contribution in [0.3, 0.4) is 0 Å². The molecule has 0 aliphatic carbocycles. The quantitative estimate of drug-likeness (QED) is 0.730. The summed E-state index contributed by atoms with van der Waals surface area (Å²) >= 11 is 3.53. The maximum Gasteiger partial charge on any atom is 0.161 e. The van der Waals surface area contributed by atoms with E-state index in [1.807, 2.05) is 12.1 Å². The average Bonchev–Trinajstić information content (AvgIpc) is 2.63. The van der Waals surface area contributed by atoms with Gasteiger partial charge in [0, 0.05) is 28.8 Å². The number of carbonyl (C=O) groups is 1. The molecule has 1 saturated heterocycles. The van der Waals surface area contributed by atoms with Crippen molar-refractivity contribution in [2.24, 2.45) is 11.8 Å². The van der Waals surface area contributed by atoms with Gasteiger partial charge in [-0.05, 0) is 56.2 Å². The Morgan fingerprint density at radius 3 is 2.70 bits per heavy atom. The van der Waals surface area contributed by atoms with Crippen molar-refractivity contribution >= 4 is 27.4 Å². The minimum Gasteiger partial charge on any atom is -0.371 e. The molecule has 1 fully saturated rings. The van der Waals surface area contributed by atoms with Crippen LogP contribution < -0.4 is 4.90 Å². The summed E-state index contributed by atoms with van der Waals surface area (Å²) in [6.45, 7) is 8.40. The van der Waals surface area contributed by atoms with Gasteiger partial charge in [-0.25, -0.2) is 0 Å². The zero-order chi connectivity index (χ0) is 14.7. The van der Waals surface area contributed by atoms with E-state index < -0.39 is 0 Å². The Balaban J connectivity index is 2.23. The fourth-order valence-corrected chi connectivity index (χ4v) is 3.44. The Kier molecular flexibility index (Phi) is 5.25. The van der Waals surface area contributed by atoms with Crippen LogP contribution >= 0.6 is 15.9 Å². The summed E-state index contributed by atoms with van der Waals surface area (Å²) in [7, 11) is 0. The first-order chi connectivity index (χ1) is 9.49. The van der Waals surface area contributed by atoms with Gasteiger partial charge in [0.25, 0.3) is 0 Å². The summed E-state index contributed by atoms with van der Waals surface area (Å²) in [5.74, 6) is 1.72. The van der Waals surface area contributed by atoms with Crippen LogP contribution in [0.5, 0.6) is 0 Å². The highest BCUT2D eigenvalue weighted by Gasteiger charge is 2.21. The summed E-state index contributed by atoms with van der Waals surface area (Å²) in [5.41, 5.74) is 1.94. The molecule has 1 aliphatic heterocycles. The molecule has 20 heavy (non-hydrogen) atoms. The topological polar surface area (TPSA) is 20.3 Å². The van der Waals surface area contributed by atoms with Gasteiger partial charge in [-0.2, -0.15) is 0 Å². The van der Waals surface area contributed by atoms with E-state index in [-0.39, 0.29) is 5.78 Å². The number of carbonyl (C=O) groups excluding carboxylic acids is 1. The molecule has 0 spiro atoms. The van der Waals surface area contributed by atoms with Gasteiger partial charge in [-0.15, -0.1) is 0 Å². The Morgan fingerprint density at radius 2 is 2.05 bits per heavy atom. The van der Waals surface area contributed by atoms with Gasteiger partial charge in [-0.1, -0.05) is 29.8 Å². The van der Waals surface area contributed by atoms with Crippen LogP contribution in [0.1, 0.15) is 50.4 Å². The Labute approximate surface area is 130 Å². The van der Waals surface area contributed by atoms with Gasteiger partial charge in [0.1, 0.15) is 0 Å². The average molecular weight is 338 g/mol. The fourth-order valence-electron chi connectivity index (χ4n) is 3.09. The molecule has 2 rings (SSSR count). The summed E-state index contributed by atoms with van der Waals surface area (Å²) in [4.78, 5) is 14.2. The SMILES string of the molecule is CC(=O)c1ccc(Br)cc1N1CCCC(C(C)C)CC1. The number of benzene rings is 1. The Hall–Kier alpha value is -0.830. The lowest BCUT2D eigenvalue weighted by Crippen LogP contribution is -2.26. The van der Waals surface area contributed by atoms with Crippen molar-refractivity contribution in [2.45, 2.75) is 40.0 Å². The first-order valence-electron chi connectivity index (χ1n) is 7.54. The molecule has 0 radical (unpaired) electrons. The van der Waals surface area contributed by atoms with Gasteiger partial charge in [0.05, 0.1) is 0 Å². The van der Waals surface area contributed by atoms with Gasteiger partial charge in [-0.3, -0.25) is 4.79 Å². The van der Waals surface area contributed by atoms with Crippen LogP contribution in [0.15, 0.2) is 22.7 Å². The standard InChI is InChI=1S/C17H24BrNO/c1-12(2)14-5-4-9-19(10-8-14)17-11-15(18)6-7-16(17)13(3)20/h6-7,11-12,14H,4-5,8-10H2,1-3H3. The molecule has 1 aliphatic rings. The minimum atomic E-state index is 0.150. The molecular weight excluding hydrogens is 314 g/mol. The number of ketones is 1. The molecule has 0 bridgehead atoms. The molecule has 0 saturated carbocycles. The largest absolute Gasteiger partial charge is 0.371 e. The van der Waals surface area contributed by atoms with Crippen LogP contribution in [0.2, 0.25) is 0 Å². The first-order valence-corrected chi connectivity index (χ1v) is 8.33. The monoisotopic (exact) mass is 337 g/mol. The highest BCUT2D eigenvalue weighted by Crippen LogP contribution is 2.31. The lowest BCUT2D eigenvalue weighted by Gasteiger charge is -2.25. The number of Topliss-reactive ketones (excluding diaryl/α,β-unsaturated/α-hetero) is 1. The number of hydrogen-bond acceptors (Lipinski definition) is 2. The molecule has 1 heterocycles. The second kappa shape index (κ2) is 6.75. The van der Waals surface area contributed by atoms with Crippen molar-refractivity contribution in [3.8, 4) is 0 Å². The molecule has 1 aromatic carbocycles. The molecular formula is C17H24BrNO. The van der Waals surface area contributed by atoms with Crippen LogP contribution in [0, 0.1) is 11.8 Å². The lowest BCUT2D eigenvalue weighted by molar-refractivity contribution is 0.101. The van der Waals surface area contributed by atoms with Crippen LogP contribution in [-0.2, 0) is 0 Å². The zero-order valence-corrected chi connectivity index (χ0v) is 14.2. The maximum absolute atomic E-state index is 11.8.